The van der Waals surface area contributed by atoms with E-state index in [2.05, 4.69) is 102 Å². The largest absolute Gasteiger partial charge is 0.456 e. The van der Waals surface area contributed by atoms with Gasteiger partial charge >= 0.3 is 0 Å². The van der Waals surface area contributed by atoms with Crippen LogP contribution in [0.3, 0.4) is 0 Å². The van der Waals surface area contributed by atoms with Gasteiger partial charge in [0, 0.05) is 32.8 Å². The van der Waals surface area contributed by atoms with Crippen LogP contribution in [0, 0.1) is 0 Å². The highest BCUT2D eigenvalue weighted by Crippen LogP contribution is 2.50. The van der Waals surface area contributed by atoms with Crippen molar-refractivity contribution in [2.45, 2.75) is 0 Å². The van der Waals surface area contributed by atoms with E-state index in [9.17, 15) is 0 Å². The molecule has 0 atom stereocenters. The predicted molar refractivity (Wildman–Crippen MR) is 192 cm³/mol. The highest BCUT2D eigenvalue weighted by Gasteiger charge is 2.24. The second kappa shape index (κ2) is 9.69. The highest BCUT2D eigenvalue weighted by molar-refractivity contribution is 6.22. The van der Waals surface area contributed by atoms with Crippen LogP contribution in [0.1, 0.15) is 6.85 Å². The third-order valence-electron chi connectivity index (χ3n) is 9.26. The number of rotatable bonds is 3. The van der Waals surface area contributed by atoms with Crippen molar-refractivity contribution in [2.24, 2.45) is 0 Å². The fourth-order valence-corrected chi connectivity index (χ4v) is 7.32. The molecule has 2 heteroatoms. The number of hydrogen-bond acceptors (Lipinski definition) is 1. The van der Waals surface area contributed by atoms with Gasteiger partial charge in [-0.15, -0.1) is 0 Å². The van der Waals surface area contributed by atoms with Crippen LogP contribution < -0.4 is 4.74 Å². The van der Waals surface area contributed by atoms with Crippen LogP contribution >= 0.6 is 0 Å². The summed E-state index contributed by atoms with van der Waals surface area (Å²) in [6.45, 7) is 0. The lowest BCUT2D eigenvalue weighted by Crippen LogP contribution is -1.98. The average molecular weight is 591 g/mol. The molecule has 0 spiro atoms. The van der Waals surface area contributed by atoms with Crippen molar-refractivity contribution in [3.63, 3.8) is 0 Å². The summed E-state index contributed by atoms with van der Waals surface area (Å²) >= 11 is 0. The van der Waals surface area contributed by atoms with Crippen molar-refractivity contribution in [1.82, 2.24) is 4.57 Å². The molecule has 0 N–H and O–H groups in total. The van der Waals surface area contributed by atoms with E-state index in [1.54, 1.807) is 6.07 Å². The Labute approximate surface area is 273 Å². The Kier molecular flexibility index (Phi) is 4.37. The lowest BCUT2D eigenvalue weighted by atomic mass is 9.89. The van der Waals surface area contributed by atoms with Gasteiger partial charge in [-0.1, -0.05) is 127 Å². The summed E-state index contributed by atoms with van der Waals surface area (Å²) in [5, 5.41) is 6.33. The number of fused-ring (bicyclic) bond motifs is 7. The van der Waals surface area contributed by atoms with Gasteiger partial charge in [-0.3, -0.25) is 0 Å². The second-order valence-corrected chi connectivity index (χ2v) is 11.7. The maximum atomic E-state index is 8.67. The smallest absolute Gasteiger partial charge is 0.135 e. The van der Waals surface area contributed by atoms with Crippen molar-refractivity contribution in [1.29, 1.82) is 0 Å². The quantitative estimate of drug-likeness (QED) is 0.200. The van der Waals surface area contributed by atoms with Crippen molar-refractivity contribution in [3.8, 4) is 50.6 Å². The third kappa shape index (κ3) is 3.59. The van der Waals surface area contributed by atoms with Gasteiger partial charge in [0.15, 0.2) is 0 Å². The number of hydrogen-bond donors (Lipinski definition) is 0. The van der Waals surface area contributed by atoms with Crippen LogP contribution in [-0.4, -0.2) is 4.57 Å². The first kappa shape index (κ1) is 20.8. The molecule has 0 radical (unpaired) electrons. The average Bonchev–Trinajstić information content (AvgIpc) is 3.53. The van der Waals surface area contributed by atoms with Crippen LogP contribution in [0.15, 0.2) is 164 Å². The Morgan fingerprint density at radius 2 is 1.26 bits per heavy atom. The van der Waals surface area contributed by atoms with Crippen molar-refractivity contribution < 1.29 is 11.6 Å². The molecule has 214 valence electrons. The van der Waals surface area contributed by atoms with Gasteiger partial charge in [-0.05, 0) is 75.0 Å². The minimum absolute atomic E-state index is 0.179. The zero-order valence-corrected chi connectivity index (χ0v) is 24.6. The zero-order valence-electron chi connectivity index (χ0n) is 29.6. The minimum Gasteiger partial charge on any atom is -0.456 e. The summed E-state index contributed by atoms with van der Waals surface area (Å²) in [5.74, 6) is 1.40. The van der Waals surface area contributed by atoms with Crippen LogP contribution in [-0.2, 0) is 0 Å². The topological polar surface area (TPSA) is 14.2 Å². The minimum atomic E-state index is -0.406. The number of aromatic nitrogens is 1. The molecule has 1 aromatic heterocycles. The maximum Gasteiger partial charge on any atom is 0.135 e. The van der Waals surface area contributed by atoms with Crippen molar-refractivity contribution in [3.05, 3.63) is 164 Å². The molecule has 1 aliphatic rings. The molecule has 0 saturated carbocycles. The van der Waals surface area contributed by atoms with Crippen LogP contribution in [0.5, 0.6) is 11.5 Å². The molecule has 2 nitrogen and oxygen atoms in total. The second-order valence-electron chi connectivity index (χ2n) is 11.7. The van der Waals surface area contributed by atoms with E-state index in [1.807, 2.05) is 30.3 Å². The summed E-state index contributed by atoms with van der Waals surface area (Å²) in [6.07, 6.45) is 0. The molecule has 46 heavy (non-hydrogen) atoms. The summed E-state index contributed by atoms with van der Waals surface area (Å²) in [7, 11) is 0. The van der Waals surface area contributed by atoms with Crippen LogP contribution in [0.25, 0.3) is 82.4 Å². The lowest BCUT2D eigenvalue weighted by Gasteiger charge is -2.23. The first-order chi connectivity index (χ1) is 24.9. The number of para-hydroxylation sites is 1. The Bertz CT molecular complexity index is 2920. The highest BCUT2D eigenvalue weighted by atomic mass is 16.5. The van der Waals surface area contributed by atoms with E-state index in [0.29, 0.717) is 11.3 Å². The molecular formula is C44H27NO. The number of benzene rings is 8. The van der Waals surface area contributed by atoms with Crippen LogP contribution in [0.2, 0.25) is 0 Å². The fraction of sp³-hybridized carbons (Fsp3) is 0. The number of nitrogens with zero attached hydrogens (tertiary/aromatic N) is 1. The molecule has 0 bridgehead atoms. The summed E-state index contributed by atoms with van der Waals surface area (Å²) in [4.78, 5) is 0. The number of ether oxygens (including phenoxy) is 1. The van der Waals surface area contributed by atoms with Gasteiger partial charge in [-0.2, -0.15) is 0 Å². The first-order valence-electron chi connectivity index (χ1n) is 17.9. The monoisotopic (exact) mass is 590 g/mol. The Morgan fingerprint density at radius 1 is 0.478 bits per heavy atom. The Morgan fingerprint density at radius 3 is 2.17 bits per heavy atom. The molecule has 0 fully saturated rings. The first-order valence-corrected chi connectivity index (χ1v) is 15.4. The SMILES string of the molecule is [2H]c1c([2H])c([2H])c(-c2ccc3c4c(cccc24)-c2cc(-c4cccc5c4c4ccc6ccccc6c4n5-c4ccccc4)ccc2O3)c([2H])c1[2H]. The Hall–Kier alpha value is -6.12. The van der Waals surface area contributed by atoms with Gasteiger partial charge in [0.2, 0.25) is 0 Å². The third-order valence-corrected chi connectivity index (χ3v) is 9.26. The summed E-state index contributed by atoms with van der Waals surface area (Å²) < 4.78 is 50.9. The van der Waals surface area contributed by atoms with E-state index in [1.165, 1.54) is 27.1 Å². The molecule has 8 aromatic carbocycles. The Balaban J connectivity index is 1.22. The van der Waals surface area contributed by atoms with Gasteiger partial charge < -0.3 is 9.30 Å². The van der Waals surface area contributed by atoms with E-state index in [-0.39, 0.29) is 29.7 Å². The molecule has 0 unspecified atom stereocenters. The predicted octanol–water partition coefficient (Wildman–Crippen LogP) is 12.2. The molecule has 0 amide bonds. The standard InChI is InChI=1S/C44H27NO/c1-3-11-28(12-4-1)32-24-26-41-43-35(32)18-9-19-36(43)38-27-30(22-25-40(38)46-41)33-17-10-20-39-42(33)37-23-21-29-13-7-8-16-34(29)44(37)45(39)31-14-5-2-6-15-31/h1-27H/i1D,3D,4D,11D,12D. The molecule has 1 aliphatic heterocycles. The maximum absolute atomic E-state index is 8.67. The fourth-order valence-electron chi connectivity index (χ4n) is 7.32. The van der Waals surface area contributed by atoms with Crippen LogP contribution in [0.4, 0.5) is 0 Å². The summed E-state index contributed by atoms with van der Waals surface area (Å²) in [6, 6.07) is 44.3. The molecule has 10 rings (SSSR count). The van der Waals surface area contributed by atoms with Crippen molar-refractivity contribution >= 4 is 43.4 Å². The van der Waals surface area contributed by atoms with Gasteiger partial charge in [-0.25, -0.2) is 0 Å². The summed E-state index contributed by atoms with van der Waals surface area (Å²) in [5.41, 5.74) is 8.18. The van der Waals surface area contributed by atoms with E-state index in [4.69, 9.17) is 11.6 Å². The normalized spacial score (nSPS) is 13.6. The molecule has 2 heterocycles. The van der Waals surface area contributed by atoms with E-state index in [0.717, 1.165) is 50.0 Å². The van der Waals surface area contributed by atoms with E-state index >= 15 is 0 Å². The molecule has 9 aromatic rings. The van der Waals surface area contributed by atoms with Gasteiger partial charge in [0.05, 0.1) is 17.9 Å². The molecule has 0 aliphatic carbocycles. The lowest BCUT2D eigenvalue weighted by molar-refractivity contribution is 0.487. The van der Waals surface area contributed by atoms with Gasteiger partial charge in [0.1, 0.15) is 11.5 Å². The molecule has 0 saturated heterocycles. The van der Waals surface area contributed by atoms with Gasteiger partial charge in [0.25, 0.3) is 0 Å². The molecular weight excluding hydrogens is 558 g/mol. The van der Waals surface area contributed by atoms with E-state index < -0.39 is 6.04 Å². The van der Waals surface area contributed by atoms with Crippen molar-refractivity contribution in [2.75, 3.05) is 0 Å². The zero-order chi connectivity index (χ0) is 34.5.